The Balaban J connectivity index is 2.28. The Morgan fingerprint density at radius 1 is 1.27 bits per heavy atom. The molecule has 0 bridgehead atoms. The molecule has 6 heteroatoms. The van der Waals surface area contributed by atoms with Crippen molar-refractivity contribution in [2.45, 2.75) is 6.92 Å². The standard InChI is InChI=1S/C16H15ClN2O3/c1-2-21-15-9-11(10-19-18)7-8-14(15)22-16(20)12-5-3-4-6-13(12)17/h3-10H,2,18H2,1H3. The number of nitrogens with two attached hydrogens (primary N) is 1. The van der Waals surface area contributed by atoms with Gasteiger partial charge in [0.1, 0.15) is 0 Å². The maximum Gasteiger partial charge on any atom is 0.345 e. The number of halogens is 1. The van der Waals surface area contributed by atoms with Crippen molar-refractivity contribution < 1.29 is 14.3 Å². The number of rotatable bonds is 5. The molecule has 0 fully saturated rings. The number of hydrazone groups is 1. The summed E-state index contributed by atoms with van der Waals surface area (Å²) >= 11 is 5.99. The summed E-state index contributed by atoms with van der Waals surface area (Å²) in [6.45, 7) is 2.27. The zero-order valence-corrected chi connectivity index (χ0v) is 12.7. The molecule has 2 N–H and O–H groups in total. The van der Waals surface area contributed by atoms with Gasteiger partial charge in [-0.3, -0.25) is 0 Å². The van der Waals surface area contributed by atoms with Crippen molar-refractivity contribution in [3.05, 3.63) is 58.6 Å². The molecule has 0 aliphatic heterocycles. The Kier molecular flexibility index (Phi) is 5.38. The SMILES string of the molecule is CCOc1cc(C=NN)ccc1OC(=O)c1ccccc1Cl. The number of benzene rings is 2. The minimum atomic E-state index is -0.549. The van der Waals surface area contributed by atoms with E-state index in [1.165, 1.54) is 6.21 Å². The molecule has 114 valence electrons. The summed E-state index contributed by atoms with van der Waals surface area (Å²) in [6, 6.07) is 11.7. The Hall–Kier alpha value is -2.53. The first-order valence-corrected chi connectivity index (χ1v) is 7.00. The summed E-state index contributed by atoms with van der Waals surface area (Å²) in [5, 5.41) is 3.78. The molecule has 0 unspecified atom stereocenters. The predicted molar refractivity (Wildman–Crippen MR) is 85.8 cm³/mol. The van der Waals surface area contributed by atoms with Gasteiger partial charge in [0.05, 0.1) is 23.4 Å². The van der Waals surface area contributed by atoms with Gasteiger partial charge < -0.3 is 15.3 Å². The molecule has 2 aromatic carbocycles. The van der Waals surface area contributed by atoms with Gasteiger partial charge in [0, 0.05) is 0 Å². The Bertz CT molecular complexity index is 702. The van der Waals surface area contributed by atoms with Gasteiger partial charge in [-0.05, 0) is 42.8 Å². The van der Waals surface area contributed by atoms with Crippen LogP contribution in [0.3, 0.4) is 0 Å². The molecular formula is C16H15ClN2O3. The monoisotopic (exact) mass is 318 g/mol. The molecule has 0 saturated heterocycles. The summed E-state index contributed by atoms with van der Waals surface area (Å²) in [4.78, 5) is 12.2. The lowest BCUT2D eigenvalue weighted by Crippen LogP contribution is -2.10. The van der Waals surface area contributed by atoms with Crippen LogP contribution in [0, 0.1) is 0 Å². The van der Waals surface area contributed by atoms with Crippen LogP contribution in [0.15, 0.2) is 47.6 Å². The molecule has 22 heavy (non-hydrogen) atoms. The van der Waals surface area contributed by atoms with Crippen molar-refractivity contribution in [1.29, 1.82) is 0 Å². The van der Waals surface area contributed by atoms with E-state index in [0.29, 0.717) is 28.7 Å². The molecule has 0 spiro atoms. The van der Waals surface area contributed by atoms with Crippen molar-refractivity contribution in [2.24, 2.45) is 10.9 Å². The van der Waals surface area contributed by atoms with E-state index in [-0.39, 0.29) is 0 Å². The van der Waals surface area contributed by atoms with E-state index in [4.69, 9.17) is 26.9 Å². The fourth-order valence-electron chi connectivity index (χ4n) is 1.83. The molecule has 0 radical (unpaired) electrons. The molecule has 2 aromatic rings. The molecule has 0 aliphatic carbocycles. The van der Waals surface area contributed by atoms with Gasteiger partial charge in [-0.2, -0.15) is 5.10 Å². The van der Waals surface area contributed by atoms with Gasteiger partial charge >= 0.3 is 5.97 Å². The molecule has 0 aromatic heterocycles. The normalized spacial score (nSPS) is 10.6. The minimum absolute atomic E-state index is 0.291. The molecule has 2 rings (SSSR count). The average Bonchev–Trinajstić information content (AvgIpc) is 2.51. The number of hydrogen-bond donors (Lipinski definition) is 1. The molecule has 0 amide bonds. The molecule has 0 atom stereocenters. The largest absolute Gasteiger partial charge is 0.490 e. The lowest BCUT2D eigenvalue weighted by Gasteiger charge is -2.11. The van der Waals surface area contributed by atoms with E-state index in [1.54, 1.807) is 42.5 Å². The van der Waals surface area contributed by atoms with Crippen LogP contribution >= 0.6 is 11.6 Å². The zero-order chi connectivity index (χ0) is 15.9. The summed E-state index contributed by atoms with van der Waals surface area (Å²) in [7, 11) is 0. The van der Waals surface area contributed by atoms with Crippen LogP contribution in [0.2, 0.25) is 5.02 Å². The van der Waals surface area contributed by atoms with Crippen LogP contribution in [0.5, 0.6) is 11.5 Å². The second-order valence-corrected chi connectivity index (χ2v) is 4.69. The molecule has 0 saturated carbocycles. The summed E-state index contributed by atoms with van der Waals surface area (Å²) in [5.74, 6) is 5.31. The van der Waals surface area contributed by atoms with Crippen LogP contribution in [-0.2, 0) is 0 Å². The molecule has 0 heterocycles. The number of nitrogens with zero attached hydrogens (tertiary/aromatic N) is 1. The number of hydrogen-bond acceptors (Lipinski definition) is 5. The van der Waals surface area contributed by atoms with E-state index in [2.05, 4.69) is 5.10 Å². The number of esters is 1. The first-order valence-electron chi connectivity index (χ1n) is 6.62. The lowest BCUT2D eigenvalue weighted by atomic mass is 10.2. The molecule has 5 nitrogen and oxygen atoms in total. The van der Waals surface area contributed by atoms with E-state index in [0.717, 1.165) is 5.56 Å². The average molecular weight is 319 g/mol. The van der Waals surface area contributed by atoms with Crippen molar-refractivity contribution in [3.63, 3.8) is 0 Å². The summed E-state index contributed by atoms with van der Waals surface area (Å²) in [6.07, 6.45) is 1.47. The quantitative estimate of drug-likeness (QED) is 0.302. The topological polar surface area (TPSA) is 73.9 Å². The van der Waals surface area contributed by atoms with Crippen molar-refractivity contribution in [3.8, 4) is 11.5 Å². The van der Waals surface area contributed by atoms with Crippen LogP contribution in [0.1, 0.15) is 22.8 Å². The smallest absolute Gasteiger partial charge is 0.345 e. The summed E-state index contributed by atoms with van der Waals surface area (Å²) < 4.78 is 10.9. The van der Waals surface area contributed by atoms with E-state index in [1.807, 2.05) is 6.92 Å². The third-order valence-electron chi connectivity index (χ3n) is 2.79. The highest BCUT2D eigenvalue weighted by Gasteiger charge is 2.15. The fraction of sp³-hybridized carbons (Fsp3) is 0.125. The molecular weight excluding hydrogens is 304 g/mol. The van der Waals surface area contributed by atoms with Crippen LogP contribution in [-0.4, -0.2) is 18.8 Å². The molecule has 0 aliphatic rings. The van der Waals surface area contributed by atoms with E-state index in [9.17, 15) is 4.79 Å². The Morgan fingerprint density at radius 3 is 2.73 bits per heavy atom. The number of carbonyl (C=O) groups excluding carboxylic acids is 1. The van der Waals surface area contributed by atoms with Gasteiger partial charge in [-0.15, -0.1) is 0 Å². The van der Waals surface area contributed by atoms with E-state index >= 15 is 0 Å². The maximum atomic E-state index is 12.2. The van der Waals surface area contributed by atoms with Gasteiger partial charge in [-0.25, -0.2) is 4.79 Å². The Labute approximate surface area is 133 Å². The van der Waals surface area contributed by atoms with Crippen molar-refractivity contribution in [2.75, 3.05) is 6.61 Å². The minimum Gasteiger partial charge on any atom is -0.490 e. The third kappa shape index (κ3) is 3.77. The maximum absolute atomic E-state index is 12.2. The first kappa shape index (κ1) is 15.9. The van der Waals surface area contributed by atoms with Gasteiger partial charge in [-0.1, -0.05) is 23.7 Å². The Morgan fingerprint density at radius 2 is 2.05 bits per heavy atom. The van der Waals surface area contributed by atoms with Crippen LogP contribution in [0.25, 0.3) is 0 Å². The van der Waals surface area contributed by atoms with Gasteiger partial charge in [0.15, 0.2) is 11.5 Å². The fourth-order valence-corrected chi connectivity index (χ4v) is 2.04. The first-order chi connectivity index (χ1) is 10.7. The highest BCUT2D eigenvalue weighted by Crippen LogP contribution is 2.29. The second-order valence-electron chi connectivity index (χ2n) is 4.29. The van der Waals surface area contributed by atoms with Crippen LogP contribution < -0.4 is 15.3 Å². The lowest BCUT2D eigenvalue weighted by molar-refractivity contribution is 0.0728. The van der Waals surface area contributed by atoms with Crippen molar-refractivity contribution in [1.82, 2.24) is 0 Å². The number of carbonyl (C=O) groups is 1. The zero-order valence-electron chi connectivity index (χ0n) is 12.0. The highest BCUT2D eigenvalue weighted by atomic mass is 35.5. The van der Waals surface area contributed by atoms with Gasteiger partial charge in [0.2, 0.25) is 0 Å². The summed E-state index contributed by atoms with van der Waals surface area (Å²) in [5.41, 5.74) is 1.03. The van der Waals surface area contributed by atoms with Crippen molar-refractivity contribution >= 4 is 23.8 Å². The third-order valence-corrected chi connectivity index (χ3v) is 3.12. The van der Waals surface area contributed by atoms with Gasteiger partial charge in [0.25, 0.3) is 0 Å². The number of ether oxygens (including phenoxy) is 2. The predicted octanol–water partition coefficient (Wildman–Crippen LogP) is 3.25. The second kappa shape index (κ2) is 7.47. The van der Waals surface area contributed by atoms with E-state index < -0.39 is 5.97 Å². The highest BCUT2D eigenvalue weighted by molar-refractivity contribution is 6.33. The van der Waals surface area contributed by atoms with Crippen LogP contribution in [0.4, 0.5) is 0 Å².